The van der Waals surface area contributed by atoms with Crippen molar-refractivity contribution in [2.45, 2.75) is 23.5 Å². The Morgan fingerprint density at radius 3 is 2.60 bits per heavy atom. The number of halogens is 1. The van der Waals surface area contributed by atoms with E-state index in [0.29, 0.717) is 4.08 Å². The van der Waals surface area contributed by atoms with Crippen LogP contribution >= 0.6 is 35.1 Å². The summed E-state index contributed by atoms with van der Waals surface area (Å²) in [6.45, 7) is 1.04. The normalized spacial score (nSPS) is 17.4. The first-order valence-corrected chi connectivity index (χ1v) is 9.09. The minimum absolute atomic E-state index is 0.304. The maximum Gasteiger partial charge on any atom is 0.0945 e. The number of thioether (sulfide) groups is 2. The van der Waals surface area contributed by atoms with E-state index in [2.05, 4.69) is 45.2 Å². The molecule has 5 heteroatoms. The third kappa shape index (κ3) is 3.54. The zero-order valence-corrected chi connectivity index (χ0v) is 13.6. The SMILES string of the molecule is Clc1ccc(CC2(CCn3ccnc3)SCCS2)cc1. The molecule has 0 unspecified atom stereocenters. The standard InChI is InChI=1S/C15H17ClN2S2/c16-14-3-1-13(2-4-14)11-15(19-9-10-20-15)5-7-18-8-6-17-12-18/h1-4,6,8,12H,5,7,9-11H2. The molecule has 0 saturated carbocycles. The molecule has 2 heterocycles. The van der Waals surface area contributed by atoms with E-state index >= 15 is 0 Å². The summed E-state index contributed by atoms with van der Waals surface area (Å²) in [7, 11) is 0. The van der Waals surface area contributed by atoms with E-state index in [1.165, 1.54) is 23.5 Å². The zero-order chi connectivity index (χ0) is 13.8. The molecule has 0 bridgehead atoms. The highest BCUT2D eigenvalue weighted by Crippen LogP contribution is 2.48. The number of benzene rings is 1. The largest absolute Gasteiger partial charge is 0.337 e. The van der Waals surface area contributed by atoms with Crippen molar-refractivity contribution in [3.05, 3.63) is 53.6 Å². The summed E-state index contributed by atoms with van der Waals surface area (Å²) in [4.78, 5) is 4.12. The van der Waals surface area contributed by atoms with Crippen LogP contribution < -0.4 is 0 Å². The van der Waals surface area contributed by atoms with Gasteiger partial charge in [-0.05, 0) is 30.5 Å². The minimum Gasteiger partial charge on any atom is -0.337 e. The molecule has 2 aromatic rings. The lowest BCUT2D eigenvalue weighted by Gasteiger charge is -2.27. The second-order valence-electron chi connectivity index (χ2n) is 4.96. The number of aryl methyl sites for hydroxylation is 1. The van der Waals surface area contributed by atoms with Gasteiger partial charge in [0.05, 0.1) is 10.4 Å². The lowest BCUT2D eigenvalue weighted by Crippen LogP contribution is -2.23. The smallest absolute Gasteiger partial charge is 0.0945 e. The number of rotatable bonds is 5. The van der Waals surface area contributed by atoms with E-state index in [1.54, 1.807) is 0 Å². The third-order valence-corrected chi connectivity index (χ3v) is 7.29. The second kappa shape index (κ2) is 6.46. The molecule has 3 rings (SSSR count). The van der Waals surface area contributed by atoms with Gasteiger partial charge in [-0.1, -0.05) is 23.7 Å². The van der Waals surface area contributed by atoms with Gasteiger partial charge in [0.15, 0.2) is 0 Å². The quantitative estimate of drug-likeness (QED) is 0.814. The zero-order valence-electron chi connectivity index (χ0n) is 11.2. The molecule has 0 amide bonds. The van der Waals surface area contributed by atoms with Crippen LogP contribution in [0.5, 0.6) is 0 Å². The number of aromatic nitrogens is 2. The lowest BCUT2D eigenvalue weighted by molar-refractivity contribution is 0.597. The molecule has 20 heavy (non-hydrogen) atoms. The monoisotopic (exact) mass is 324 g/mol. The van der Waals surface area contributed by atoms with E-state index in [1.807, 2.05) is 30.9 Å². The van der Waals surface area contributed by atoms with Gasteiger partial charge in [0, 0.05) is 35.5 Å². The van der Waals surface area contributed by atoms with Crippen LogP contribution in [0.1, 0.15) is 12.0 Å². The molecule has 1 saturated heterocycles. The van der Waals surface area contributed by atoms with Crippen LogP contribution in [0.2, 0.25) is 5.02 Å². The summed E-state index contributed by atoms with van der Waals surface area (Å²) in [5, 5.41) is 0.813. The average Bonchev–Trinajstić information content (AvgIpc) is 3.11. The summed E-state index contributed by atoms with van der Waals surface area (Å²) < 4.78 is 2.47. The average molecular weight is 325 g/mol. The van der Waals surface area contributed by atoms with Crippen LogP contribution in [0.15, 0.2) is 43.0 Å². The van der Waals surface area contributed by atoms with Gasteiger partial charge in [-0.3, -0.25) is 0 Å². The number of hydrogen-bond donors (Lipinski definition) is 0. The van der Waals surface area contributed by atoms with E-state index in [0.717, 1.165) is 18.0 Å². The highest BCUT2D eigenvalue weighted by atomic mass is 35.5. The first-order chi connectivity index (χ1) is 9.76. The molecule has 1 aromatic carbocycles. The molecule has 0 radical (unpaired) electrons. The Morgan fingerprint density at radius 2 is 1.95 bits per heavy atom. The summed E-state index contributed by atoms with van der Waals surface area (Å²) in [5.74, 6) is 2.50. The molecule has 0 atom stereocenters. The summed E-state index contributed by atoms with van der Waals surface area (Å²) in [6.07, 6.45) is 8.07. The summed E-state index contributed by atoms with van der Waals surface area (Å²) in [5.41, 5.74) is 1.38. The van der Waals surface area contributed by atoms with Crippen molar-refractivity contribution in [3.8, 4) is 0 Å². The van der Waals surface area contributed by atoms with E-state index in [-0.39, 0.29) is 0 Å². The van der Waals surface area contributed by atoms with Crippen molar-refractivity contribution in [2.24, 2.45) is 0 Å². The number of hydrogen-bond acceptors (Lipinski definition) is 3. The van der Waals surface area contributed by atoms with Crippen LogP contribution in [0.4, 0.5) is 0 Å². The van der Waals surface area contributed by atoms with Crippen molar-refractivity contribution < 1.29 is 0 Å². The van der Waals surface area contributed by atoms with Crippen LogP contribution in [0.3, 0.4) is 0 Å². The van der Waals surface area contributed by atoms with Crippen molar-refractivity contribution in [2.75, 3.05) is 11.5 Å². The topological polar surface area (TPSA) is 17.8 Å². The fourth-order valence-electron chi connectivity index (χ4n) is 2.46. The second-order valence-corrected chi connectivity index (χ2v) is 8.61. The molecule has 2 nitrogen and oxygen atoms in total. The highest BCUT2D eigenvalue weighted by Gasteiger charge is 2.35. The van der Waals surface area contributed by atoms with Crippen LogP contribution in [0, 0.1) is 0 Å². The number of imidazole rings is 1. The predicted molar refractivity (Wildman–Crippen MR) is 89.6 cm³/mol. The first kappa shape index (κ1) is 14.4. The Bertz CT molecular complexity index is 534. The van der Waals surface area contributed by atoms with Gasteiger partial charge in [-0.15, -0.1) is 23.5 Å². The number of nitrogens with zero attached hydrogens (tertiary/aromatic N) is 2. The molecule has 106 valence electrons. The molecular formula is C15H17ClN2S2. The Balaban J connectivity index is 1.69. The van der Waals surface area contributed by atoms with Crippen LogP contribution in [0.25, 0.3) is 0 Å². The molecule has 1 fully saturated rings. The van der Waals surface area contributed by atoms with Crippen LogP contribution in [-0.2, 0) is 13.0 Å². The first-order valence-electron chi connectivity index (χ1n) is 6.74. The molecule has 0 aliphatic carbocycles. The maximum absolute atomic E-state index is 5.97. The molecule has 1 aliphatic rings. The van der Waals surface area contributed by atoms with Gasteiger partial charge in [-0.2, -0.15) is 0 Å². The van der Waals surface area contributed by atoms with Crippen molar-refractivity contribution in [1.29, 1.82) is 0 Å². The fraction of sp³-hybridized carbons (Fsp3) is 0.400. The van der Waals surface area contributed by atoms with Gasteiger partial charge in [0.25, 0.3) is 0 Å². The van der Waals surface area contributed by atoms with Gasteiger partial charge in [0.1, 0.15) is 0 Å². The molecule has 0 N–H and O–H groups in total. The highest BCUT2D eigenvalue weighted by molar-refractivity contribution is 8.21. The van der Waals surface area contributed by atoms with Crippen molar-refractivity contribution in [3.63, 3.8) is 0 Å². The van der Waals surface area contributed by atoms with E-state index in [4.69, 9.17) is 11.6 Å². The van der Waals surface area contributed by atoms with E-state index < -0.39 is 0 Å². The summed E-state index contributed by atoms with van der Waals surface area (Å²) in [6, 6.07) is 8.29. The van der Waals surface area contributed by atoms with Crippen molar-refractivity contribution in [1.82, 2.24) is 9.55 Å². The van der Waals surface area contributed by atoms with E-state index in [9.17, 15) is 0 Å². The minimum atomic E-state index is 0.304. The van der Waals surface area contributed by atoms with Gasteiger partial charge in [-0.25, -0.2) is 4.98 Å². The predicted octanol–water partition coefficient (Wildman–Crippen LogP) is 4.35. The van der Waals surface area contributed by atoms with Crippen LogP contribution in [-0.4, -0.2) is 25.1 Å². The van der Waals surface area contributed by atoms with Gasteiger partial charge in [0.2, 0.25) is 0 Å². The Kier molecular flexibility index (Phi) is 4.64. The Hall–Kier alpha value is -0.580. The third-order valence-electron chi connectivity index (χ3n) is 3.51. The molecule has 1 aromatic heterocycles. The maximum atomic E-state index is 5.97. The fourth-order valence-corrected chi connectivity index (χ4v) is 5.84. The Labute approximate surface area is 133 Å². The van der Waals surface area contributed by atoms with Gasteiger partial charge < -0.3 is 4.57 Å². The molecule has 1 aliphatic heterocycles. The molecular weight excluding hydrogens is 308 g/mol. The summed E-state index contributed by atoms with van der Waals surface area (Å²) >= 11 is 10.2. The van der Waals surface area contributed by atoms with Gasteiger partial charge >= 0.3 is 0 Å². The molecule has 0 spiro atoms. The lowest BCUT2D eigenvalue weighted by atomic mass is 10.1. The Morgan fingerprint density at radius 1 is 1.20 bits per heavy atom. The van der Waals surface area contributed by atoms with Crippen molar-refractivity contribution >= 4 is 35.1 Å².